The van der Waals surface area contributed by atoms with Gasteiger partial charge < -0.3 is 10.2 Å². The van der Waals surface area contributed by atoms with Crippen molar-refractivity contribution in [1.29, 1.82) is 0 Å². The number of carbonyl (C=O) groups is 1. The summed E-state index contributed by atoms with van der Waals surface area (Å²) in [7, 11) is 0. The monoisotopic (exact) mass is 497 g/mol. The highest BCUT2D eigenvalue weighted by Crippen LogP contribution is 2.36. The van der Waals surface area contributed by atoms with E-state index in [1.165, 1.54) is 40.2 Å². The highest BCUT2D eigenvalue weighted by Gasteiger charge is 2.49. The summed E-state index contributed by atoms with van der Waals surface area (Å²) >= 11 is 0. The lowest BCUT2D eigenvalue weighted by Gasteiger charge is -2.40. The van der Waals surface area contributed by atoms with Crippen LogP contribution in [0.1, 0.15) is 12.5 Å². The third-order valence-corrected chi connectivity index (χ3v) is 6.27. The van der Waals surface area contributed by atoms with Gasteiger partial charge >= 0.3 is 6.03 Å². The van der Waals surface area contributed by atoms with Crippen molar-refractivity contribution < 1.29 is 23.8 Å². The lowest BCUT2D eigenvalue weighted by atomic mass is 9.85. The van der Waals surface area contributed by atoms with Gasteiger partial charge in [0.05, 0.1) is 24.8 Å². The Balaban J connectivity index is 1.46. The van der Waals surface area contributed by atoms with Crippen molar-refractivity contribution >= 4 is 11.7 Å². The maximum absolute atomic E-state index is 14.9. The number of hydrogen-bond acceptors (Lipinski definition) is 8. The van der Waals surface area contributed by atoms with Crippen molar-refractivity contribution in [3.63, 3.8) is 0 Å². The van der Waals surface area contributed by atoms with Crippen molar-refractivity contribution in [3.8, 4) is 5.69 Å². The molecule has 3 atom stereocenters. The van der Waals surface area contributed by atoms with Gasteiger partial charge in [0.15, 0.2) is 0 Å². The first-order valence-electron chi connectivity index (χ1n) is 10.9. The Hall–Kier alpha value is -4.30. The minimum atomic E-state index is -2.10. The summed E-state index contributed by atoms with van der Waals surface area (Å²) in [4.78, 5) is 19.7. The number of aliphatic hydroxyl groups is 2. The number of aromatic nitrogens is 7. The van der Waals surface area contributed by atoms with Gasteiger partial charge in [0, 0.05) is 17.3 Å². The molecule has 3 heterocycles. The molecule has 0 aliphatic carbocycles. The van der Waals surface area contributed by atoms with Gasteiger partial charge in [-0.3, -0.25) is 9.80 Å². The standard InChI is InChI=1S/C22H21F2N9O3/c1-14(22(36,10-30-12-25-11-27-30)18-7-2-15(23)8-19(18)24)33-20(34)9-31(21(33)35)16-3-5-17(6-4-16)32-13-26-28-29-32/h2-8,11-14,20,34,36H,9-10H2,1H3/t14-,20?,22-/m1/s1. The van der Waals surface area contributed by atoms with E-state index in [0.29, 0.717) is 17.4 Å². The number of anilines is 1. The fourth-order valence-corrected chi connectivity index (χ4v) is 4.38. The van der Waals surface area contributed by atoms with Crippen LogP contribution in [0, 0.1) is 11.6 Å². The molecule has 2 N–H and O–H groups in total. The summed E-state index contributed by atoms with van der Waals surface area (Å²) in [6.07, 6.45) is 2.66. The van der Waals surface area contributed by atoms with Gasteiger partial charge in [-0.25, -0.2) is 27.9 Å². The molecule has 2 aromatic heterocycles. The van der Waals surface area contributed by atoms with Gasteiger partial charge in [0.25, 0.3) is 0 Å². The van der Waals surface area contributed by atoms with Crippen molar-refractivity contribution in [3.05, 3.63) is 78.6 Å². The van der Waals surface area contributed by atoms with Crippen molar-refractivity contribution in [1.82, 2.24) is 39.9 Å². The van der Waals surface area contributed by atoms with Crippen molar-refractivity contribution in [2.24, 2.45) is 0 Å². The molecule has 2 aromatic carbocycles. The largest absolute Gasteiger partial charge is 0.381 e. The molecule has 14 heteroatoms. The number of rotatable bonds is 7. The average Bonchev–Trinajstić information content (AvgIpc) is 3.61. The van der Waals surface area contributed by atoms with Crippen LogP contribution in [-0.4, -0.2) is 74.9 Å². The zero-order valence-corrected chi connectivity index (χ0v) is 18.9. The summed E-state index contributed by atoms with van der Waals surface area (Å²) < 4.78 is 31.2. The minimum Gasteiger partial charge on any atom is -0.381 e. The Bertz CT molecular complexity index is 1350. The summed E-state index contributed by atoms with van der Waals surface area (Å²) in [5.41, 5.74) is -1.20. The molecule has 186 valence electrons. The number of urea groups is 1. The normalized spacial score (nSPS) is 18.5. The van der Waals surface area contributed by atoms with Crippen LogP contribution >= 0.6 is 0 Å². The third kappa shape index (κ3) is 4.05. The molecule has 0 saturated carbocycles. The lowest BCUT2D eigenvalue weighted by molar-refractivity contribution is -0.0822. The average molecular weight is 497 g/mol. The summed E-state index contributed by atoms with van der Waals surface area (Å²) in [6, 6.07) is 7.74. The van der Waals surface area contributed by atoms with Crippen molar-refractivity contribution in [2.45, 2.75) is 31.3 Å². The maximum atomic E-state index is 14.9. The SMILES string of the molecule is C[C@@H](N1C(=O)N(c2ccc(-n3cnnn3)cc2)CC1O)[C@](O)(Cn1cncn1)c1ccc(F)cc1F. The highest BCUT2D eigenvalue weighted by atomic mass is 19.1. The van der Waals surface area contributed by atoms with Gasteiger partial charge in [-0.15, -0.1) is 5.10 Å². The number of halogens is 2. The first-order chi connectivity index (χ1) is 17.3. The molecule has 1 unspecified atom stereocenters. The highest BCUT2D eigenvalue weighted by molar-refractivity contribution is 5.94. The predicted molar refractivity (Wildman–Crippen MR) is 119 cm³/mol. The Labute approximate surface area is 203 Å². The van der Waals surface area contributed by atoms with Crippen LogP contribution < -0.4 is 4.90 Å². The van der Waals surface area contributed by atoms with E-state index >= 15 is 0 Å². The molecule has 4 aromatic rings. The van der Waals surface area contributed by atoms with E-state index in [4.69, 9.17) is 0 Å². The number of hydrogen-bond donors (Lipinski definition) is 2. The topological polar surface area (TPSA) is 138 Å². The lowest BCUT2D eigenvalue weighted by Crippen LogP contribution is -2.55. The molecular formula is C22H21F2N9O3. The third-order valence-electron chi connectivity index (χ3n) is 6.27. The zero-order valence-electron chi connectivity index (χ0n) is 18.9. The number of aliphatic hydroxyl groups excluding tert-OH is 1. The fourth-order valence-electron chi connectivity index (χ4n) is 4.38. The number of β-amino-alcohol motifs (C(OH)–C–C–N with tert-alkyl or cyclic N) is 1. The molecule has 1 saturated heterocycles. The Morgan fingerprint density at radius 3 is 2.53 bits per heavy atom. The Kier molecular flexibility index (Phi) is 5.89. The number of carbonyl (C=O) groups excluding carboxylic acids is 1. The summed E-state index contributed by atoms with van der Waals surface area (Å²) in [5, 5.41) is 37.6. The van der Waals surface area contributed by atoms with Gasteiger partial charge in [0.1, 0.15) is 42.4 Å². The van der Waals surface area contributed by atoms with E-state index in [1.807, 2.05) is 0 Å². The van der Waals surface area contributed by atoms with E-state index < -0.39 is 35.5 Å². The van der Waals surface area contributed by atoms with Crippen LogP contribution in [0.2, 0.25) is 0 Å². The first-order valence-corrected chi connectivity index (χ1v) is 10.9. The summed E-state index contributed by atoms with van der Waals surface area (Å²) in [5.74, 6) is -1.82. The predicted octanol–water partition coefficient (Wildman–Crippen LogP) is 1.07. The second-order valence-electron chi connectivity index (χ2n) is 8.37. The maximum Gasteiger partial charge on any atom is 0.327 e. The molecule has 12 nitrogen and oxygen atoms in total. The van der Waals surface area contributed by atoms with Crippen LogP contribution in [0.3, 0.4) is 0 Å². The molecule has 1 aliphatic rings. The van der Waals surface area contributed by atoms with E-state index in [2.05, 4.69) is 25.6 Å². The van der Waals surface area contributed by atoms with Crippen LogP contribution in [0.5, 0.6) is 0 Å². The van der Waals surface area contributed by atoms with Crippen LogP contribution in [0.25, 0.3) is 5.69 Å². The molecule has 1 fully saturated rings. The van der Waals surface area contributed by atoms with Crippen LogP contribution in [0.15, 0.2) is 61.4 Å². The van der Waals surface area contributed by atoms with E-state index in [9.17, 15) is 23.8 Å². The van der Waals surface area contributed by atoms with Gasteiger partial charge in [-0.1, -0.05) is 6.07 Å². The van der Waals surface area contributed by atoms with E-state index in [0.717, 1.165) is 17.0 Å². The quantitative estimate of drug-likeness (QED) is 0.387. The van der Waals surface area contributed by atoms with E-state index in [1.54, 1.807) is 24.3 Å². The van der Waals surface area contributed by atoms with Crippen molar-refractivity contribution in [2.75, 3.05) is 11.4 Å². The van der Waals surface area contributed by atoms with Gasteiger partial charge in [-0.05, 0) is 47.7 Å². The molecular weight excluding hydrogens is 476 g/mol. The molecule has 36 heavy (non-hydrogen) atoms. The summed E-state index contributed by atoms with van der Waals surface area (Å²) in [6.45, 7) is 1.07. The molecule has 2 amide bonds. The Morgan fingerprint density at radius 1 is 1.14 bits per heavy atom. The van der Waals surface area contributed by atoms with Gasteiger partial charge in [-0.2, -0.15) is 5.10 Å². The number of benzene rings is 2. The van der Waals surface area contributed by atoms with E-state index in [-0.39, 0.29) is 18.7 Å². The molecule has 1 aliphatic heterocycles. The molecule has 5 rings (SSSR count). The Morgan fingerprint density at radius 2 is 1.89 bits per heavy atom. The second-order valence-corrected chi connectivity index (χ2v) is 8.37. The smallest absolute Gasteiger partial charge is 0.327 e. The molecule has 0 radical (unpaired) electrons. The second kappa shape index (κ2) is 9.05. The van der Waals surface area contributed by atoms with Gasteiger partial charge in [0.2, 0.25) is 0 Å². The van der Waals surface area contributed by atoms with Crippen LogP contribution in [-0.2, 0) is 12.1 Å². The number of amides is 2. The number of tetrazole rings is 1. The zero-order chi connectivity index (χ0) is 25.4. The fraction of sp³-hybridized carbons (Fsp3) is 0.273. The minimum absolute atomic E-state index is 0.0985. The molecule has 0 bridgehead atoms. The first kappa shape index (κ1) is 23.4. The molecule has 0 spiro atoms. The van der Waals surface area contributed by atoms with Crippen LogP contribution in [0.4, 0.5) is 19.3 Å². The number of nitrogens with zero attached hydrogens (tertiary/aromatic N) is 9.